The van der Waals surface area contributed by atoms with Gasteiger partial charge in [-0.05, 0) is 19.1 Å². The van der Waals surface area contributed by atoms with Crippen LogP contribution in [-0.4, -0.2) is 25.5 Å². The lowest BCUT2D eigenvalue weighted by atomic mass is 10.1. The molecule has 0 aliphatic carbocycles. The molecule has 1 aromatic rings. The maximum absolute atomic E-state index is 13.4. The second-order valence-electron chi connectivity index (χ2n) is 3.37. The zero-order valence-electron chi connectivity index (χ0n) is 9.66. The van der Waals surface area contributed by atoms with Gasteiger partial charge in [0, 0.05) is 6.07 Å². The molecule has 4 nitrogen and oxygen atoms in total. The maximum atomic E-state index is 13.4. The van der Waals surface area contributed by atoms with Crippen LogP contribution in [-0.2, 0) is 9.53 Å². The first-order valence-corrected chi connectivity index (χ1v) is 5.04. The zero-order valence-corrected chi connectivity index (χ0v) is 9.66. The van der Waals surface area contributed by atoms with E-state index in [1.165, 1.54) is 26.2 Å². The number of ketones is 1. The summed E-state index contributed by atoms with van der Waals surface area (Å²) in [5, 5.41) is 0. The molecule has 0 unspecified atom stereocenters. The molecule has 0 spiro atoms. The summed E-state index contributed by atoms with van der Waals surface area (Å²) in [6.07, 6.45) is 0.0899. The van der Waals surface area contributed by atoms with Crippen molar-refractivity contribution in [3.8, 4) is 5.75 Å². The Kier molecular flexibility index (Phi) is 4.63. The van der Waals surface area contributed by atoms with Gasteiger partial charge in [0.2, 0.25) is 0 Å². The molecule has 0 aromatic heterocycles. The quantitative estimate of drug-likeness (QED) is 0.583. The summed E-state index contributed by atoms with van der Waals surface area (Å²) in [6, 6.07) is 3.95. The third kappa shape index (κ3) is 3.86. The van der Waals surface area contributed by atoms with Crippen LogP contribution in [0.25, 0.3) is 0 Å². The minimum absolute atomic E-state index is 0.0188. The van der Waals surface area contributed by atoms with Crippen LogP contribution in [0.3, 0.4) is 0 Å². The summed E-state index contributed by atoms with van der Waals surface area (Å²) >= 11 is 0. The molecule has 0 amide bonds. The summed E-state index contributed by atoms with van der Waals surface area (Å²) in [7, 11) is 1.28. The second-order valence-corrected chi connectivity index (χ2v) is 3.37. The third-order valence-corrected chi connectivity index (χ3v) is 2.12. The fraction of sp³-hybridized carbons (Fsp3) is 0.333. The highest BCUT2D eigenvalue weighted by Gasteiger charge is 2.08. The van der Waals surface area contributed by atoms with Gasteiger partial charge in [0.1, 0.15) is 11.6 Å². The van der Waals surface area contributed by atoms with E-state index < -0.39 is 11.8 Å². The number of halogens is 1. The minimum Gasteiger partial charge on any atom is -0.493 e. The van der Waals surface area contributed by atoms with Crippen molar-refractivity contribution in [2.24, 2.45) is 0 Å². The van der Waals surface area contributed by atoms with E-state index in [9.17, 15) is 14.0 Å². The van der Waals surface area contributed by atoms with E-state index in [1.807, 2.05) is 0 Å². The lowest BCUT2D eigenvalue weighted by molar-refractivity contribution is -0.141. The molecule has 0 fully saturated rings. The molecule has 1 aromatic carbocycles. The summed E-state index contributed by atoms with van der Waals surface area (Å²) in [5.74, 6) is -1.10. The van der Waals surface area contributed by atoms with Gasteiger partial charge in [-0.15, -0.1) is 0 Å². The smallest absolute Gasteiger partial charge is 0.308 e. The summed E-state index contributed by atoms with van der Waals surface area (Å²) in [5.41, 5.74) is 0.0188. The molecule has 17 heavy (non-hydrogen) atoms. The number of hydrogen-bond donors (Lipinski definition) is 0. The van der Waals surface area contributed by atoms with Gasteiger partial charge in [-0.3, -0.25) is 9.59 Å². The van der Waals surface area contributed by atoms with Gasteiger partial charge in [0.25, 0.3) is 0 Å². The van der Waals surface area contributed by atoms with Gasteiger partial charge in [-0.25, -0.2) is 4.39 Å². The Morgan fingerprint density at radius 2 is 2.06 bits per heavy atom. The second kappa shape index (κ2) is 5.98. The first-order valence-electron chi connectivity index (χ1n) is 5.04. The number of ether oxygens (including phenoxy) is 2. The van der Waals surface area contributed by atoms with Crippen molar-refractivity contribution in [1.82, 2.24) is 0 Å². The van der Waals surface area contributed by atoms with Crippen molar-refractivity contribution in [2.75, 3.05) is 13.7 Å². The predicted molar refractivity (Wildman–Crippen MR) is 58.5 cm³/mol. The van der Waals surface area contributed by atoms with Crippen molar-refractivity contribution in [3.63, 3.8) is 0 Å². The first-order chi connectivity index (χ1) is 8.04. The molecule has 0 aliphatic heterocycles. The van der Waals surface area contributed by atoms with Crippen LogP contribution in [0.1, 0.15) is 23.7 Å². The van der Waals surface area contributed by atoms with Crippen LogP contribution in [0, 0.1) is 5.82 Å². The van der Waals surface area contributed by atoms with Gasteiger partial charge in [-0.1, -0.05) is 0 Å². The van der Waals surface area contributed by atoms with Crippen LogP contribution >= 0.6 is 0 Å². The average molecular weight is 240 g/mol. The van der Waals surface area contributed by atoms with Gasteiger partial charge >= 0.3 is 5.97 Å². The molecule has 0 N–H and O–H groups in total. The molecule has 0 bridgehead atoms. The Bertz CT molecular complexity index is 429. The molecular formula is C12H13FO4. The molecule has 0 atom stereocenters. The van der Waals surface area contributed by atoms with Crippen LogP contribution < -0.4 is 4.74 Å². The molecule has 1 rings (SSSR count). The van der Waals surface area contributed by atoms with Crippen LogP contribution in [0.15, 0.2) is 18.2 Å². The van der Waals surface area contributed by atoms with Gasteiger partial charge in [-0.2, -0.15) is 0 Å². The molecule has 0 saturated heterocycles. The van der Waals surface area contributed by atoms with E-state index in [0.717, 1.165) is 6.07 Å². The molecular weight excluding hydrogens is 227 g/mol. The number of methoxy groups -OCH3 is 1. The molecule has 0 saturated carbocycles. The van der Waals surface area contributed by atoms with Crippen LogP contribution in [0.4, 0.5) is 4.39 Å². The molecule has 92 valence electrons. The molecule has 0 radical (unpaired) electrons. The van der Waals surface area contributed by atoms with E-state index in [-0.39, 0.29) is 30.1 Å². The lowest BCUT2D eigenvalue weighted by Gasteiger charge is -2.06. The highest BCUT2D eigenvalue weighted by Crippen LogP contribution is 2.17. The van der Waals surface area contributed by atoms with E-state index in [4.69, 9.17) is 4.74 Å². The van der Waals surface area contributed by atoms with E-state index in [2.05, 4.69) is 4.74 Å². The highest BCUT2D eigenvalue weighted by atomic mass is 19.1. The van der Waals surface area contributed by atoms with Crippen molar-refractivity contribution in [2.45, 2.75) is 13.3 Å². The number of Topliss-reactive ketones (excluding diaryl/α,β-unsaturated/α-hetero) is 1. The normalized spacial score (nSPS) is 9.82. The highest BCUT2D eigenvalue weighted by molar-refractivity contribution is 5.94. The average Bonchev–Trinajstić information content (AvgIpc) is 2.28. The number of esters is 1. The van der Waals surface area contributed by atoms with E-state index in [0.29, 0.717) is 0 Å². The first kappa shape index (κ1) is 13.2. The standard InChI is InChI=1S/C12H13FO4/c1-8(14)10-4-3-9(7-11(10)13)17-6-5-12(15)16-2/h3-4,7H,5-6H2,1-2H3. The summed E-state index contributed by atoms with van der Waals surface area (Å²) in [6.45, 7) is 1.39. The molecule has 0 heterocycles. The Hall–Kier alpha value is -1.91. The SMILES string of the molecule is COC(=O)CCOc1ccc(C(C)=O)c(F)c1. The summed E-state index contributed by atoms with van der Waals surface area (Å²) in [4.78, 5) is 21.8. The fourth-order valence-corrected chi connectivity index (χ4v) is 1.23. The number of carbonyl (C=O) groups is 2. The minimum atomic E-state index is -0.631. The fourth-order valence-electron chi connectivity index (χ4n) is 1.23. The number of benzene rings is 1. The van der Waals surface area contributed by atoms with E-state index >= 15 is 0 Å². The van der Waals surface area contributed by atoms with E-state index in [1.54, 1.807) is 0 Å². The predicted octanol–water partition coefficient (Wildman–Crippen LogP) is 1.97. The van der Waals surface area contributed by atoms with Crippen molar-refractivity contribution in [3.05, 3.63) is 29.6 Å². The van der Waals surface area contributed by atoms with Gasteiger partial charge in [0.15, 0.2) is 5.78 Å². The third-order valence-electron chi connectivity index (χ3n) is 2.12. The molecule has 5 heteroatoms. The lowest BCUT2D eigenvalue weighted by Crippen LogP contribution is -2.08. The number of hydrogen-bond acceptors (Lipinski definition) is 4. The van der Waals surface area contributed by atoms with Gasteiger partial charge in [0.05, 0.1) is 25.7 Å². The number of carbonyl (C=O) groups excluding carboxylic acids is 2. The maximum Gasteiger partial charge on any atom is 0.308 e. The number of rotatable bonds is 5. The Balaban J connectivity index is 2.59. The Morgan fingerprint density at radius 1 is 1.35 bits per heavy atom. The summed E-state index contributed by atoms with van der Waals surface area (Å²) < 4.78 is 22.9. The van der Waals surface area contributed by atoms with Crippen molar-refractivity contribution in [1.29, 1.82) is 0 Å². The van der Waals surface area contributed by atoms with Crippen LogP contribution in [0.5, 0.6) is 5.75 Å². The monoisotopic (exact) mass is 240 g/mol. The molecule has 0 aliphatic rings. The Morgan fingerprint density at radius 3 is 2.59 bits per heavy atom. The zero-order chi connectivity index (χ0) is 12.8. The topological polar surface area (TPSA) is 52.6 Å². The van der Waals surface area contributed by atoms with Crippen LogP contribution in [0.2, 0.25) is 0 Å². The van der Waals surface area contributed by atoms with Crippen molar-refractivity contribution >= 4 is 11.8 Å². The van der Waals surface area contributed by atoms with Gasteiger partial charge < -0.3 is 9.47 Å². The Labute approximate surface area is 98.3 Å². The van der Waals surface area contributed by atoms with Crippen molar-refractivity contribution < 1.29 is 23.5 Å². The largest absolute Gasteiger partial charge is 0.493 e.